The Hall–Kier alpha value is -2.51. The third-order valence-corrected chi connectivity index (χ3v) is 5.91. The van der Waals surface area contributed by atoms with Crippen molar-refractivity contribution in [1.29, 1.82) is 0 Å². The summed E-state index contributed by atoms with van der Waals surface area (Å²) in [4.78, 5) is 2.34. The molecule has 144 valence electrons. The first kappa shape index (κ1) is 19.3. The Morgan fingerprint density at radius 3 is 2.56 bits per heavy atom. The second-order valence-electron chi connectivity index (χ2n) is 6.50. The molecule has 0 bridgehead atoms. The molecule has 0 aliphatic carbocycles. The highest BCUT2D eigenvalue weighted by Crippen LogP contribution is 2.32. The molecule has 0 radical (unpaired) electrons. The van der Waals surface area contributed by atoms with Crippen LogP contribution in [0.2, 0.25) is 0 Å². The summed E-state index contributed by atoms with van der Waals surface area (Å²) in [5, 5.41) is 3.29. The second-order valence-corrected chi connectivity index (χ2v) is 8.18. The van der Waals surface area contributed by atoms with E-state index in [9.17, 15) is 8.42 Å². The Morgan fingerprint density at radius 2 is 1.89 bits per heavy atom. The quantitative estimate of drug-likeness (QED) is 0.798. The van der Waals surface area contributed by atoms with Crippen LogP contribution in [0, 0.1) is 0 Å². The maximum Gasteiger partial charge on any atom is 0.261 e. The molecule has 0 atom stereocenters. The molecule has 0 spiro atoms. The van der Waals surface area contributed by atoms with Crippen molar-refractivity contribution in [2.24, 2.45) is 0 Å². The third kappa shape index (κ3) is 4.26. The number of benzene rings is 2. The predicted molar refractivity (Wildman–Crippen MR) is 110 cm³/mol. The molecule has 1 heterocycles. The number of sulfonamides is 1. The van der Waals surface area contributed by atoms with Crippen LogP contribution in [0.15, 0.2) is 53.9 Å². The van der Waals surface area contributed by atoms with Gasteiger partial charge in [0.15, 0.2) is 0 Å². The van der Waals surface area contributed by atoms with E-state index in [4.69, 9.17) is 4.74 Å². The van der Waals surface area contributed by atoms with Gasteiger partial charge in [-0.1, -0.05) is 24.8 Å². The van der Waals surface area contributed by atoms with E-state index >= 15 is 0 Å². The van der Waals surface area contributed by atoms with Crippen LogP contribution < -0.4 is 19.7 Å². The normalized spacial score (nSPS) is 14.7. The Kier molecular flexibility index (Phi) is 5.72. The van der Waals surface area contributed by atoms with Crippen LogP contribution in [0.3, 0.4) is 0 Å². The zero-order chi connectivity index (χ0) is 19.4. The van der Waals surface area contributed by atoms with Gasteiger partial charge in [-0.3, -0.25) is 4.72 Å². The number of methoxy groups -OCH3 is 1. The maximum atomic E-state index is 13.0. The number of rotatable bonds is 6. The molecule has 0 amide bonds. The van der Waals surface area contributed by atoms with Gasteiger partial charge in [0.1, 0.15) is 5.75 Å². The predicted octanol–water partition coefficient (Wildman–Crippen LogP) is 2.94. The molecule has 1 fully saturated rings. The first-order valence-electron chi connectivity index (χ1n) is 8.84. The topological polar surface area (TPSA) is 70.7 Å². The molecule has 2 aromatic carbocycles. The minimum absolute atomic E-state index is 0.202. The fourth-order valence-electron chi connectivity index (χ4n) is 3.14. The summed E-state index contributed by atoms with van der Waals surface area (Å²) in [6.45, 7) is 9.07. The Bertz CT molecular complexity index is 935. The fraction of sp³-hybridized carbons (Fsp3) is 0.300. The molecule has 2 aromatic rings. The van der Waals surface area contributed by atoms with Crippen molar-refractivity contribution in [2.45, 2.75) is 11.8 Å². The Balaban J connectivity index is 1.96. The van der Waals surface area contributed by atoms with Crippen molar-refractivity contribution in [1.82, 2.24) is 5.32 Å². The molecule has 27 heavy (non-hydrogen) atoms. The van der Waals surface area contributed by atoms with Crippen LogP contribution in [0.5, 0.6) is 5.75 Å². The standard InChI is InChI=1S/C20H25N3O3S/c1-15(2)17-6-4-5-7-18(17)22-27(24,25)16-8-9-20(26-3)19(14-16)23-12-10-21-11-13-23/h4-9,14,21-22H,1,10-13H2,2-3H3. The molecule has 1 aliphatic heterocycles. The molecule has 1 aliphatic rings. The SMILES string of the molecule is C=C(C)c1ccccc1NS(=O)(=O)c1ccc(OC)c(N2CCNCC2)c1. The van der Waals surface area contributed by atoms with E-state index in [1.165, 1.54) is 0 Å². The van der Waals surface area contributed by atoms with Crippen LogP contribution in [0.25, 0.3) is 5.57 Å². The number of allylic oxidation sites excluding steroid dienone is 1. The van der Waals surface area contributed by atoms with E-state index in [1.54, 1.807) is 37.4 Å². The number of hydrogen-bond donors (Lipinski definition) is 2. The third-order valence-electron chi connectivity index (χ3n) is 4.55. The van der Waals surface area contributed by atoms with Crippen molar-refractivity contribution in [2.75, 3.05) is 42.9 Å². The van der Waals surface area contributed by atoms with Gasteiger partial charge >= 0.3 is 0 Å². The maximum absolute atomic E-state index is 13.0. The number of nitrogens with zero attached hydrogens (tertiary/aromatic N) is 1. The molecule has 7 heteroatoms. The summed E-state index contributed by atoms with van der Waals surface area (Å²) in [6.07, 6.45) is 0. The minimum atomic E-state index is -3.74. The fourth-order valence-corrected chi connectivity index (χ4v) is 4.24. The monoisotopic (exact) mass is 387 g/mol. The van der Waals surface area contributed by atoms with Gasteiger partial charge in [-0.25, -0.2) is 8.42 Å². The van der Waals surface area contributed by atoms with Crippen molar-refractivity contribution in [3.05, 3.63) is 54.6 Å². The lowest BCUT2D eigenvalue weighted by molar-refractivity contribution is 0.412. The molecular formula is C20H25N3O3S. The highest BCUT2D eigenvalue weighted by Gasteiger charge is 2.21. The zero-order valence-corrected chi connectivity index (χ0v) is 16.5. The number of anilines is 2. The second kappa shape index (κ2) is 8.02. The molecule has 1 saturated heterocycles. The highest BCUT2D eigenvalue weighted by molar-refractivity contribution is 7.92. The molecule has 3 rings (SSSR count). The first-order valence-corrected chi connectivity index (χ1v) is 10.3. The van der Waals surface area contributed by atoms with Gasteiger partial charge in [-0.2, -0.15) is 0 Å². The van der Waals surface area contributed by atoms with E-state index in [0.717, 1.165) is 43.0 Å². The van der Waals surface area contributed by atoms with Gasteiger partial charge in [-0.05, 0) is 36.8 Å². The van der Waals surface area contributed by atoms with Crippen LogP contribution in [-0.4, -0.2) is 41.7 Å². The lowest BCUT2D eigenvalue weighted by atomic mass is 10.1. The van der Waals surface area contributed by atoms with E-state index < -0.39 is 10.0 Å². The number of hydrogen-bond acceptors (Lipinski definition) is 5. The molecule has 0 aromatic heterocycles. The highest BCUT2D eigenvalue weighted by atomic mass is 32.2. The van der Waals surface area contributed by atoms with Crippen molar-refractivity contribution < 1.29 is 13.2 Å². The Morgan fingerprint density at radius 1 is 1.19 bits per heavy atom. The van der Waals surface area contributed by atoms with Crippen LogP contribution in [0.1, 0.15) is 12.5 Å². The van der Waals surface area contributed by atoms with Crippen molar-refractivity contribution in [3.8, 4) is 5.75 Å². The van der Waals surface area contributed by atoms with E-state index in [0.29, 0.717) is 11.4 Å². The van der Waals surface area contributed by atoms with E-state index in [-0.39, 0.29) is 4.90 Å². The Labute approximate surface area is 160 Å². The number of nitrogens with one attached hydrogen (secondary N) is 2. The molecule has 2 N–H and O–H groups in total. The summed E-state index contributed by atoms with van der Waals surface area (Å²) >= 11 is 0. The summed E-state index contributed by atoms with van der Waals surface area (Å²) in [7, 11) is -2.15. The zero-order valence-electron chi connectivity index (χ0n) is 15.7. The number of para-hydroxylation sites is 1. The molecule has 0 unspecified atom stereocenters. The largest absolute Gasteiger partial charge is 0.495 e. The molecule has 0 saturated carbocycles. The summed E-state index contributed by atoms with van der Waals surface area (Å²) in [6, 6.07) is 12.2. The van der Waals surface area contributed by atoms with E-state index in [2.05, 4.69) is 21.5 Å². The summed E-state index contributed by atoms with van der Waals surface area (Å²) in [5.41, 5.74) is 2.88. The first-order chi connectivity index (χ1) is 12.9. The summed E-state index contributed by atoms with van der Waals surface area (Å²) < 4.78 is 34.1. The lowest BCUT2D eigenvalue weighted by Crippen LogP contribution is -2.43. The molecule has 6 nitrogen and oxygen atoms in total. The van der Waals surface area contributed by atoms with Crippen LogP contribution in [-0.2, 0) is 10.0 Å². The van der Waals surface area contributed by atoms with Gasteiger partial charge < -0.3 is 15.0 Å². The molecular weight excluding hydrogens is 362 g/mol. The average Bonchev–Trinajstić information content (AvgIpc) is 2.68. The van der Waals surface area contributed by atoms with Gasteiger partial charge in [0.05, 0.1) is 23.4 Å². The number of piperazine rings is 1. The van der Waals surface area contributed by atoms with Gasteiger partial charge in [-0.15, -0.1) is 0 Å². The minimum Gasteiger partial charge on any atom is -0.495 e. The number of ether oxygens (including phenoxy) is 1. The van der Waals surface area contributed by atoms with Gasteiger partial charge in [0.2, 0.25) is 0 Å². The van der Waals surface area contributed by atoms with Crippen LogP contribution >= 0.6 is 0 Å². The summed E-state index contributed by atoms with van der Waals surface area (Å²) in [5.74, 6) is 0.665. The lowest BCUT2D eigenvalue weighted by Gasteiger charge is -2.30. The average molecular weight is 388 g/mol. The van der Waals surface area contributed by atoms with Crippen molar-refractivity contribution >= 4 is 27.0 Å². The smallest absolute Gasteiger partial charge is 0.261 e. The van der Waals surface area contributed by atoms with Gasteiger partial charge in [0, 0.05) is 31.7 Å². The van der Waals surface area contributed by atoms with Gasteiger partial charge in [0.25, 0.3) is 10.0 Å². The van der Waals surface area contributed by atoms with E-state index in [1.807, 2.05) is 19.1 Å². The van der Waals surface area contributed by atoms with Crippen LogP contribution in [0.4, 0.5) is 11.4 Å². The van der Waals surface area contributed by atoms with Crippen molar-refractivity contribution in [3.63, 3.8) is 0 Å².